The van der Waals surface area contributed by atoms with Gasteiger partial charge >= 0.3 is 11.5 Å². The molecule has 1 saturated heterocycles. The lowest BCUT2D eigenvalue weighted by Gasteiger charge is -2.29. The molecule has 0 unspecified atom stereocenters. The summed E-state index contributed by atoms with van der Waals surface area (Å²) < 4.78 is 43.1. The van der Waals surface area contributed by atoms with Gasteiger partial charge < -0.3 is 9.64 Å². The van der Waals surface area contributed by atoms with Gasteiger partial charge in [-0.1, -0.05) is 0 Å². The number of pyridine rings is 1. The van der Waals surface area contributed by atoms with Gasteiger partial charge in [0.05, 0.1) is 6.67 Å². The van der Waals surface area contributed by atoms with E-state index in [1.54, 1.807) is 24.4 Å². The van der Waals surface area contributed by atoms with Crippen LogP contribution < -0.4 is 4.90 Å². The SMILES string of the molecule is CC(C)(C)OC(=O)c1cc(CN2CN(c3ccc(SC(F)(F)F)cc3)CC2(C)C)ccn1. The number of rotatable bonds is 5. The van der Waals surface area contributed by atoms with Crippen LogP contribution in [0.2, 0.25) is 0 Å². The molecule has 0 amide bonds. The number of nitrogens with zero attached hydrogens (tertiary/aromatic N) is 3. The summed E-state index contributed by atoms with van der Waals surface area (Å²) in [6, 6.07) is 10.1. The van der Waals surface area contributed by atoms with E-state index < -0.39 is 17.1 Å². The van der Waals surface area contributed by atoms with Crippen LogP contribution in [-0.2, 0) is 11.3 Å². The van der Waals surface area contributed by atoms with Crippen LogP contribution in [0.5, 0.6) is 0 Å². The Hall–Kier alpha value is -2.26. The number of aromatic nitrogens is 1. The third-order valence-corrected chi connectivity index (χ3v) is 5.76. The highest BCUT2D eigenvalue weighted by Gasteiger charge is 2.37. The van der Waals surface area contributed by atoms with Crippen LogP contribution >= 0.6 is 11.8 Å². The molecule has 1 fully saturated rings. The zero-order valence-electron chi connectivity index (χ0n) is 18.9. The van der Waals surface area contributed by atoms with E-state index in [0.29, 0.717) is 13.2 Å². The highest BCUT2D eigenvalue weighted by Crippen LogP contribution is 2.38. The number of benzene rings is 1. The van der Waals surface area contributed by atoms with Crippen molar-refractivity contribution in [1.82, 2.24) is 9.88 Å². The van der Waals surface area contributed by atoms with Gasteiger partial charge in [-0.15, -0.1) is 0 Å². The maximum Gasteiger partial charge on any atom is 0.446 e. The second-order valence-corrected chi connectivity index (χ2v) is 10.6. The van der Waals surface area contributed by atoms with E-state index in [1.165, 1.54) is 12.1 Å². The minimum atomic E-state index is -4.29. The first-order chi connectivity index (χ1) is 14.7. The molecule has 1 aromatic heterocycles. The Morgan fingerprint density at radius 3 is 2.41 bits per heavy atom. The maximum atomic E-state index is 12.6. The maximum absolute atomic E-state index is 12.6. The number of hydrogen-bond acceptors (Lipinski definition) is 6. The molecule has 0 saturated carbocycles. The predicted octanol–water partition coefficient (Wildman–Crippen LogP) is 5.71. The molecule has 1 aliphatic rings. The molecule has 5 nitrogen and oxygen atoms in total. The molecule has 9 heteroatoms. The fraction of sp³-hybridized carbons (Fsp3) is 0.478. The van der Waals surface area contributed by atoms with Gasteiger partial charge in [-0.3, -0.25) is 4.90 Å². The van der Waals surface area contributed by atoms with Gasteiger partial charge in [0.15, 0.2) is 0 Å². The molecule has 0 spiro atoms. The van der Waals surface area contributed by atoms with Crippen LogP contribution in [0.4, 0.5) is 18.9 Å². The second kappa shape index (κ2) is 8.94. The van der Waals surface area contributed by atoms with Crippen LogP contribution in [0.15, 0.2) is 47.5 Å². The normalized spacial score (nSPS) is 16.9. The summed E-state index contributed by atoms with van der Waals surface area (Å²) in [6.45, 7) is 11.6. The molecule has 0 N–H and O–H groups in total. The van der Waals surface area contributed by atoms with Crippen molar-refractivity contribution in [2.45, 2.75) is 62.7 Å². The Kier molecular flexibility index (Phi) is 6.81. The number of esters is 1. The molecule has 0 bridgehead atoms. The number of carbonyl (C=O) groups is 1. The van der Waals surface area contributed by atoms with Gasteiger partial charge in [0.1, 0.15) is 11.3 Å². The Labute approximate surface area is 190 Å². The minimum absolute atomic E-state index is 0.112. The number of thioether (sulfide) groups is 1. The largest absolute Gasteiger partial charge is 0.455 e. The fourth-order valence-electron chi connectivity index (χ4n) is 3.55. The third-order valence-electron chi connectivity index (χ3n) is 5.02. The van der Waals surface area contributed by atoms with E-state index in [9.17, 15) is 18.0 Å². The summed E-state index contributed by atoms with van der Waals surface area (Å²) in [5, 5.41) is 0. The topological polar surface area (TPSA) is 45.7 Å². The molecule has 32 heavy (non-hydrogen) atoms. The molecular weight excluding hydrogens is 439 g/mol. The van der Waals surface area contributed by atoms with Gasteiger partial charge in [0, 0.05) is 35.4 Å². The van der Waals surface area contributed by atoms with Crippen molar-refractivity contribution < 1.29 is 22.7 Å². The van der Waals surface area contributed by atoms with Crippen LogP contribution in [0.3, 0.4) is 0 Å². The van der Waals surface area contributed by atoms with Gasteiger partial charge in [0.2, 0.25) is 0 Å². The van der Waals surface area contributed by atoms with Gasteiger partial charge in [-0.2, -0.15) is 13.2 Å². The lowest BCUT2D eigenvalue weighted by Crippen LogP contribution is -2.39. The highest BCUT2D eigenvalue weighted by molar-refractivity contribution is 8.00. The summed E-state index contributed by atoms with van der Waals surface area (Å²) in [6.07, 6.45) is 1.60. The lowest BCUT2D eigenvalue weighted by atomic mass is 10.0. The molecular formula is C23H28F3N3O2S. The number of ether oxygens (including phenoxy) is 1. The van der Waals surface area contributed by atoms with Gasteiger partial charge in [-0.25, -0.2) is 9.78 Å². The molecule has 174 valence electrons. The second-order valence-electron chi connectivity index (χ2n) is 9.44. The van der Waals surface area contributed by atoms with Crippen molar-refractivity contribution in [3.8, 4) is 0 Å². The van der Waals surface area contributed by atoms with E-state index in [-0.39, 0.29) is 27.9 Å². The summed E-state index contributed by atoms with van der Waals surface area (Å²) in [5.41, 5.74) is -2.99. The average molecular weight is 468 g/mol. The molecule has 0 radical (unpaired) electrons. The van der Waals surface area contributed by atoms with Crippen molar-refractivity contribution in [2.75, 3.05) is 18.1 Å². The van der Waals surface area contributed by atoms with E-state index in [4.69, 9.17) is 4.74 Å². The van der Waals surface area contributed by atoms with E-state index in [2.05, 4.69) is 28.6 Å². The molecule has 3 rings (SSSR count). The lowest BCUT2D eigenvalue weighted by molar-refractivity contribution is -0.0328. The minimum Gasteiger partial charge on any atom is -0.455 e. The number of carbonyl (C=O) groups excluding carboxylic acids is 1. The standard InChI is InChI=1S/C23H28F3N3O2S/c1-21(2,3)31-20(30)19-12-16(10-11-27-19)13-29-15-28(14-22(29,4)5)17-6-8-18(9-7-17)32-23(24,25)26/h6-12H,13-15H2,1-5H3. The summed E-state index contributed by atoms with van der Waals surface area (Å²) in [4.78, 5) is 21.1. The fourth-order valence-corrected chi connectivity index (χ4v) is 4.08. The summed E-state index contributed by atoms with van der Waals surface area (Å²) in [7, 11) is 0. The Balaban J connectivity index is 1.70. The van der Waals surface area contributed by atoms with Crippen molar-refractivity contribution in [1.29, 1.82) is 0 Å². The average Bonchev–Trinajstić information content (AvgIpc) is 2.94. The molecule has 1 aliphatic heterocycles. The predicted molar refractivity (Wildman–Crippen MR) is 120 cm³/mol. The van der Waals surface area contributed by atoms with Crippen molar-refractivity contribution in [3.05, 3.63) is 53.9 Å². The number of hydrogen-bond donors (Lipinski definition) is 0. The van der Waals surface area contributed by atoms with Gasteiger partial charge in [-0.05, 0) is 88.3 Å². The Morgan fingerprint density at radius 2 is 1.81 bits per heavy atom. The highest BCUT2D eigenvalue weighted by atomic mass is 32.2. The molecule has 0 atom stereocenters. The number of alkyl halides is 3. The van der Waals surface area contributed by atoms with E-state index in [0.717, 1.165) is 17.8 Å². The van der Waals surface area contributed by atoms with Crippen LogP contribution in [0, 0.1) is 0 Å². The van der Waals surface area contributed by atoms with Crippen molar-refractivity contribution in [2.24, 2.45) is 0 Å². The van der Waals surface area contributed by atoms with Gasteiger partial charge in [0.25, 0.3) is 0 Å². The van der Waals surface area contributed by atoms with Crippen LogP contribution in [-0.4, -0.2) is 45.7 Å². The van der Waals surface area contributed by atoms with E-state index >= 15 is 0 Å². The first kappa shape index (κ1) is 24.4. The molecule has 2 aromatic rings. The van der Waals surface area contributed by atoms with E-state index in [1.807, 2.05) is 26.8 Å². The summed E-state index contributed by atoms with van der Waals surface area (Å²) >= 11 is -0.112. The first-order valence-corrected chi connectivity index (χ1v) is 11.1. The van der Waals surface area contributed by atoms with Crippen molar-refractivity contribution in [3.63, 3.8) is 0 Å². The number of anilines is 1. The molecule has 2 heterocycles. The smallest absolute Gasteiger partial charge is 0.446 e. The Bertz CT molecular complexity index is 956. The molecule has 1 aromatic carbocycles. The van der Waals surface area contributed by atoms with Crippen molar-refractivity contribution >= 4 is 23.4 Å². The van der Waals surface area contributed by atoms with Crippen LogP contribution in [0.1, 0.15) is 50.7 Å². The quantitative estimate of drug-likeness (QED) is 0.415. The first-order valence-electron chi connectivity index (χ1n) is 10.3. The monoisotopic (exact) mass is 467 g/mol. The molecule has 0 aliphatic carbocycles. The Morgan fingerprint density at radius 1 is 1.16 bits per heavy atom. The zero-order valence-corrected chi connectivity index (χ0v) is 19.7. The van der Waals surface area contributed by atoms with Crippen LogP contribution in [0.25, 0.3) is 0 Å². The zero-order chi connectivity index (χ0) is 23.7. The summed E-state index contributed by atoms with van der Waals surface area (Å²) in [5.74, 6) is -0.460. The number of halogens is 3. The third kappa shape index (κ3) is 6.62.